The summed E-state index contributed by atoms with van der Waals surface area (Å²) in [4.78, 5) is 4.05. The van der Waals surface area contributed by atoms with Crippen molar-refractivity contribution >= 4 is 34.5 Å². The molecule has 1 saturated heterocycles. The Morgan fingerprint density at radius 2 is 2.54 bits per heavy atom. The summed E-state index contributed by atoms with van der Waals surface area (Å²) in [6, 6.07) is 0. The topological polar surface area (TPSA) is 42.0 Å². The predicted molar refractivity (Wildman–Crippen MR) is 57.0 cm³/mol. The van der Waals surface area contributed by atoms with Crippen LogP contribution in [0.3, 0.4) is 0 Å². The molecule has 0 radical (unpaired) electrons. The van der Waals surface area contributed by atoms with Crippen LogP contribution in [0, 0.1) is 0 Å². The summed E-state index contributed by atoms with van der Waals surface area (Å²) < 4.78 is 12.5. The molecule has 2 rings (SSSR count). The molecular formula is C7H11ClN2OS2. The Kier molecular flexibility index (Phi) is 4.31. The smallest absolute Gasteiger partial charge is 0.180 e. The van der Waals surface area contributed by atoms with Crippen LogP contribution in [0.1, 0.15) is 6.42 Å². The number of rotatable bonds is 2. The minimum atomic E-state index is -0.883. The third kappa shape index (κ3) is 2.49. The summed E-state index contributed by atoms with van der Waals surface area (Å²) in [6.45, 7) is 1.86. The molecule has 0 aromatic carbocycles. The number of nitrogens with one attached hydrogen (secondary N) is 1. The molecule has 1 aromatic heterocycles. The van der Waals surface area contributed by atoms with Crippen LogP contribution in [-0.4, -0.2) is 27.5 Å². The zero-order valence-corrected chi connectivity index (χ0v) is 9.38. The standard InChI is InChI=1S/C7H10N2OS2.ClH/c10-12(6-1-2-8-5-6)7-9-3-4-11-7;/h3-4,6,8H,1-2,5H2;1H/t6-,12+;/m1./s1. The van der Waals surface area contributed by atoms with Crippen LogP contribution in [0.15, 0.2) is 15.9 Å². The summed E-state index contributed by atoms with van der Waals surface area (Å²) in [7, 11) is -0.883. The lowest BCUT2D eigenvalue weighted by Crippen LogP contribution is -2.18. The largest absolute Gasteiger partial charge is 0.315 e. The molecule has 1 aliphatic heterocycles. The van der Waals surface area contributed by atoms with Gasteiger partial charge in [-0.05, 0) is 13.0 Å². The normalized spacial score (nSPS) is 23.8. The van der Waals surface area contributed by atoms with E-state index in [4.69, 9.17) is 0 Å². The van der Waals surface area contributed by atoms with Crippen molar-refractivity contribution in [3.05, 3.63) is 11.6 Å². The fourth-order valence-electron chi connectivity index (χ4n) is 1.26. The van der Waals surface area contributed by atoms with Crippen molar-refractivity contribution in [2.24, 2.45) is 0 Å². The Balaban J connectivity index is 0.000000845. The second-order valence-corrected chi connectivity index (χ2v) is 5.51. The molecule has 0 saturated carbocycles. The fourth-order valence-corrected chi connectivity index (χ4v) is 3.63. The first-order valence-electron chi connectivity index (χ1n) is 3.89. The van der Waals surface area contributed by atoms with Gasteiger partial charge in [-0.2, -0.15) is 0 Å². The van der Waals surface area contributed by atoms with Gasteiger partial charge in [0.25, 0.3) is 0 Å². The van der Waals surface area contributed by atoms with Crippen LogP contribution in [0.2, 0.25) is 0 Å². The van der Waals surface area contributed by atoms with Crippen molar-refractivity contribution in [1.82, 2.24) is 10.3 Å². The quantitative estimate of drug-likeness (QED) is 0.837. The van der Waals surface area contributed by atoms with Crippen LogP contribution < -0.4 is 5.32 Å². The number of aromatic nitrogens is 1. The molecule has 74 valence electrons. The van der Waals surface area contributed by atoms with E-state index in [0.717, 1.165) is 23.8 Å². The summed E-state index contributed by atoms with van der Waals surface area (Å²) in [5.74, 6) is 0. The zero-order valence-electron chi connectivity index (χ0n) is 6.93. The average molecular weight is 239 g/mol. The first kappa shape index (κ1) is 11.1. The van der Waals surface area contributed by atoms with Gasteiger partial charge < -0.3 is 5.32 Å². The highest BCUT2D eigenvalue weighted by atomic mass is 35.5. The highest BCUT2D eigenvalue weighted by Gasteiger charge is 2.23. The molecule has 2 heterocycles. The first-order chi connectivity index (χ1) is 5.88. The van der Waals surface area contributed by atoms with Crippen molar-refractivity contribution in [3.8, 4) is 0 Å². The molecule has 13 heavy (non-hydrogen) atoms. The maximum Gasteiger partial charge on any atom is 0.180 e. The molecule has 1 aliphatic rings. The van der Waals surface area contributed by atoms with Gasteiger partial charge in [0.2, 0.25) is 0 Å². The summed E-state index contributed by atoms with van der Waals surface area (Å²) in [5, 5.41) is 5.34. The molecular weight excluding hydrogens is 228 g/mol. The lowest BCUT2D eigenvalue weighted by Gasteiger charge is -2.03. The Labute approximate surface area is 89.8 Å². The molecule has 6 heteroatoms. The second-order valence-electron chi connectivity index (χ2n) is 2.71. The molecule has 0 aliphatic carbocycles. The van der Waals surface area contributed by atoms with Crippen molar-refractivity contribution < 1.29 is 4.21 Å². The van der Waals surface area contributed by atoms with E-state index in [9.17, 15) is 4.21 Å². The van der Waals surface area contributed by atoms with Crippen LogP contribution in [0.4, 0.5) is 0 Å². The van der Waals surface area contributed by atoms with Gasteiger partial charge in [0, 0.05) is 18.1 Å². The summed E-state index contributed by atoms with van der Waals surface area (Å²) in [6.07, 6.45) is 2.71. The summed E-state index contributed by atoms with van der Waals surface area (Å²) in [5.41, 5.74) is 0. The molecule has 1 aromatic rings. The Morgan fingerprint density at radius 3 is 3.08 bits per heavy atom. The number of halogens is 1. The third-order valence-corrected chi connectivity index (χ3v) is 4.70. The first-order valence-corrected chi connectivity index (χ1v) is 5.98. The minimum absolute atomic E-state index is 0. The molecule has 0 spiro atoms. The van der Waals surface area contributed by atoms with Gasteiger partial charge in [-0.1, -0.05) is 0 Å². The number of thiazole rings is 1. The van der Waals surface area contributed by atoms with Crippen molar-refractivity contribution in [1.29, 1.82) is 0 Å². The van der Waals surface area contributed by atoms with Gasteiger partial charge in [-0.15, -0.1) is 23.7 Å². The number of nitrogens with zero attached hydrogens (tertiary/aromatic N) is 1. The van der Waals surface area contributed by atoms with Crippen LogP contribution in [-0.2, 0) is 10.8 Å². The molecule has 2 atom stereocenters. The van der Waals surface area contributed by atoms with E-state index in [0.29, 0.717) is 0 Å². The van der Waals surface area contributed by atoms with E-state index < -0.39 is 10.8 Å². The van der Waals surface area contributed by atoms with Crippen molar-refractivity contribution in [2.45, 2.75) is 16.0 Å². The Hall–Kier alpha value is 0.0300. The number of hydrogen-bond acceptors (Lipinski definition) is 4. The van der Waals surface area contributed by atoms with Crippen molar-refractivity contribution in [2.75, 3.05) is 13.1 Å². The van der Waals surface area contributed by atoms with Crippen molar-refractivity contribution in [3.63, 3.8) is 0 Å². The molecule has 1 N–H and O–H groups in total. The van der Waals surface area contributed by atoms with Crippen LogP contribution in [0.5, 0.6) is 0 Å². The lowest BCUT2D eigenvalue weighted by molar-refractivity contribution is 0.671. The maximum atomic E-state index is 11.7. The van der Waals surface area contributed by atoms with Gasteiger partial charge in [0.15, 0.2) is 4.34 Å². The predicted octanol–water partition coefficient (Wildman–Crippen LogP) is 1.03. The SMILES string of the molecule is Cl.O=[S@](c1nccs1)[C@@H]1CCNC1. The van der Waals surface area contributed by atoms with Crippen LogP contribution in [0.25, 0.3) is 0 Å². The van der Waals surface area contributed by atoms with E-state index in [-0.39, 0.29) is 17.7 Å². The number of hydrogen-bond donors (Lipinski definition) is 1. The van der Waals surface area contributed by atoms with E-state index in [1.54, 1.807) is 6.20 Å². The lowest BCUT2D eigenvalue weighted by atomic mass is 10.4. The second kappa shape index (κ2) is 5.05. The third-order valence-electron chi connectivity index (χ3n) is 1.90. The molecule has 0 amide bonds. The molecule has 0 bridgehead atoms. The van der Waals surface area contributed by atoms with E-state index in [2.05, 4.69) is 10.3 Å². The van der Waals surface area contributed by atoms with E-state index >= 15 is 0 Å². The van der Waals surface area contributed by atoms with Crippen LogP contribution >= 0.6 is 23.7 Å². The van der Waals surface area contributed by atoms with Gasteiger partial charge >= 0.3 is 0 Å². The Bertz CT molecular complexity index is 272. The van der Waals surface area contributed by atoms with E-state index in [1.165, 1.54) is 11.3 Å². The van der Waals surface area contributed by atoms with Gasteiger partial charge in [0.1, 0.15) is 0 Å². The maximum absolute atomic E-state index is 11.7. The highest BCUT2D eigenvalue weighted by Crippen LogP contribution is 2.17. The molecule has 3 nitrogen and oxygen atoms in total. The molecule has 0 unspecified atom stereocenters. The van der Waals surface area contributed by atoms with Gasteiger partial charge in [-0.25, -0.2) is 4.98 Å². The monoisotopic (exact) mass is 238 g/mol. The van der Waals surface area contributed by atoms with Gasteiger partial charge in [0.05, 0.1) is 16.0 Å². The Morgan fingerprint density at radius 1 is 1.69 bits per heavy atom. The van der Waals surface area contributed by atoms with E-state index in [1.807, 2.05) is 5.38 Å². The highest BCUT2D eigenvalue weighted by molar-refractivity contribution is 7.87. The fraction of sp³-hybridized carbons (Fsp3) is 0.571. The summed E-state index contributed by atoms with van der Waals surface area (Å²) >= 11 is 1.48. The average Bonchev–Trinajstić information content (AvgIpc) is 2.77. The minimum Gasteiger partial charge on any atom is -0.315 e. The molecule has 1 fully saturated rings. The van der Waals surface area contributed by atoms with Gasteiger partial charge in [-0.3, -0.25) is 4.21 Å². The zero-order chi connectivity index (χ0) is 8.39.